The fourth-order valence-electron chi connectivity index (χ4n) is 10.0. The van der Waals surface area contributed by atoms with E-state index >= 15 is 0 Å². The predicted molar refractivity (Wildman–Crippen MR) is 265 cm³/mol. The SMILES string of the molecule is C=Cc1c2[n-]c(c1C)/C=C1\[N-]/C(=C3\c4[n-]c(c(C)c4C(=O)C3C(=O)OC)/C=c3\[n-]/c(c(C=O)c3CC)=C\2)C(CCC(=O)OC/C=C(\C)CCCC(C)CCCC(C)CCCC(C)C)C1C.[Mg+2]. The Labute approximate surface area is 408 Å². The van der Waals surface area contributed by atoms with Gasteiger partial charge in [0, 0.05) is 17.5 Å². The number of allylic oxidation sites excluding steroid dienone is 3. The molecule has 11 heteroatoms. The molecule has 6 rings (SSSR count). The topological polar surface area (TPSA) is 143 Å². The molecule has 0 radical (unpaired) electrons. The molecule has 5 heterocycles. The molecule has 8 bridgehead atoms. The van der Waals surface area contributed by atoms with Crippen LogP contribution < -0.4 is 25.7 Å². The van der Waals surface area contributed by atoms with Crippen LogP contribution >= 0.6 is 0 Å². The predicted octanol–water partition coefficient (Wildman–Crippen LogP) is 9.87. The van der Waals surface area contributed by atoms with Gasteiger partial charge in [-0.1, -0.05) is 145 Å². The zero-order valence-electron chi connectivity index (χ0n) is 41.3. The Morgan fingerprint density at radius 2 is 1.50 bits per heavy atom. The van der Waals surface area contributed by atoms with Gasteiger partial charge in [-0.25, -0.2) is 0 Å². The summed E-state index contributed by atoms with van der Waals surface area (Å²) < 4.78 is 11.0. The van der Waals surface area contributed by atoms with Crippen molar-refractivity contribution in [3.05, 3.63) is 102 Å². The van der Waals surface area contributed by atoms with E-state index in [4.69, 9.17) is 29.7 Å². The first-order valence-corrected chi connectivity index (χ1v) is 24.0. The second kappa shape index (κ2) is 23.4. The average molecular weight is 907 g/mol. The van der Waals surface area contributed by atoms with E-state index in [0.717, 1.165) is 47.7 Å². The smallest absolute Gasteiger partial charge is 0.664 e. The van der Waals surface area contributed by atoms with Gasteiger partial charge in [-0.15, -0.1) is 33.5 Å². The molecule has 0 saturated carbocycles. The molecular weight excluding hydrogens is 837 g/mol. The van der Waals surface area contributed by atoms with Crippen molar-refractivity contribution in [2.24, 2.45) is 35.5 Å². The number of hydrogen-bond donors (Lipinski definition) is 0. The Morgan fingerprint density at radius 1 is 0.848 bits per heavy atom. The van der Waals surface area contributed by atoms with E-state index in [9.17, 15) is 19.2 Å². The third-order valence-electron chi connectivity index (χ3n) is 14.1. The summed E-state index contributed by atoms with van der Waals surface area (Å²) in [5.74, 6) is -0.983. The first kappa shape index (κ1) is 52.4. The van der Waals surface area contributed by atoms with Gasteiger partial charge >= 0.3 is 35.0 Å². The fourth-order valence-corrected chi connectivity index (χ4v) is 10.0. The second-order valence-electron chi connectivity index (χ2n) is 19.3. The van der Waals surface area contributed by atoms with Crippen LogP contribution in [0.5, 0.6) is 0 Å². The monoisotopic (exact) mass is 907 g/mol. The number of ketones is 1. The molecule has 1 fully saturated rings. The average Bonchev–Trinajstić information content (AvgIpc) is 4.02. The fraction of sp³-hybridized carbons (Fsp3) is 0.527. The van der Waals surface area contributed by atoms with Crippen molar-refractivity contribution < 1.29 is 28.7 Å². The van der Waals surface area contributed by atoms with E-state index in [-0.39, 0.29) is 53.9 Å². The summed E-state index contributed by atoms with van der Waals surface area (Å²) in [6, 6.07) is 0. The minimum Gasteiger partial charge on any atom is -0.664 e. The molecule has 3 aliphatic rings. The summed E-state index contributed by atoms with van der Waals surface area (Å²) in [5, 5.41) is 6.26. The van der Waals surface area contributed by atoms with Crippen LogP contribution in [0.25, 0.3) is 35.2 Å². The maximum Gasteiger partial charge on any atom is 2.00 e. The normalized spacial score (nSPS) is 21.4. The molecule has 0 aromatic carbocycles. The molecule has 66 heavy (non-hydrogen) atoms. The number of nitrogens with zero attached hydrogens (tertiary/aromatic N) is 4. The van der Waals surface area contributed by atoms with Crippen LogP contribution in [-0.2, 0) is 25.5 Å². The first-order chi connectivity index (χ1) is 31.1. The molecule has 0 amide bonds. The van der Waals surface area contributed by atoms with Crippen molar-refractivity contribution in [2.75, 3.05) is 13.7 Å². The van der Waals surface area contributed by atoms with E-state index in [1.54, 1.807) is 12.2 Å². The van der Waals surface area contributed by atoms with Crippen LogP contribution in [0.2, 0.25) is 0 Å². The molecule has 1 saturated heterocycles. The van der Waals surface area contributed by atoms with E-state index < -0.39 is 17.7 Å². The standard InChI is InChI=1S/C55H71N4O6.Mg/c1-12-38-35(8)42-27-43-36(9)40(23-24-48(61)65-26-25-34(7)22-16-21-33(6)20-15-19-32(5)18-14-17-31(3)4)52(58-43)50-51(55(63)64-11)54(62)49-37(10)44(59-53(49)50)28-46-39(13-2)41(30-60)47(57-46)29-45(38)56-42;/h12,25,27-33,36,40,51H,1,13-24,26H2,2-11H3,(H-,58,59,60,62);/q-3;+2/p-1/b34-25+,43-27-,47-29-;. The number of aldehydes is 1. The van der Waals surface area contributed by atoms with Gasteiger partial charge in [0.15, 0.2) is 5.78 Å². The zero-order valence-corrected chi connectivity index (χ0v) is 42.7. The summed E-state index contributed by atoms with van der Waals surface area (Å²) in [5.41, 5.74) is 8.86. The van der Waals surface area contributed by atoms with E-state index in [1.807, 2.05) is 45.9 Å². The summed E-state index contributed by atoms with van der Waals surface area (Å²) in [6.07, 6.45) is 22.3. The zero-order chi connectivity index (χ0) is 47.1. The van der Waals surface area contributed by atoms with Crippen LogP contribution in [0, 0.1) is 49.4 Å². The number of hydrogen-bond acceptors (Lipinski definition) is 6. The number of esters is 2. The minimum atomic E-state index is -1.27. The number of rotatable bonds is 21. The number of carbonyl (C=O) groups excluding carboxylic acids is 4. The summed E-state index contributed by atoms with van der Waals surface area (Å²) in [4.78, 5) is 68.9. The Bertz CT molecular complexity index is 2510. The number of Topliss-reactive ketones (excluding diaryl/α,β-unsaturated/α-hetero) is 1. The van der Waals surface area contributed by atoms with Gasteiger partial charge in [0.2, 0.25) is 0 Å². The van der Waals surface area contributed by atoms with Crippen LogP contribution in [-0.4, -0.2) is 60.8 Å². The summed E-state index contributed by atoms with van der Waals surface area (Å²) in [7, 11) is 1.27. The molecular formula is C55H70MgN4O6-2. The number of methoxy groups -OCH3 is 1. The van der Waals surface area contributed by atoms with E-state index in [2.05, 4.69) is 41.2 Å². The van der Waals surface area contributed by atoms with Gasteiger partial charge in [0.25, 0.3) is 0 Å². The van der Waals surface area contributed by atoms with Gasteiger partial charge in [-0.05, 0) is 87.7 Å². The van der Waals surface area contributed by atoms with Gasteiger partial charge in [-0.2, -0.15) is 11.4 Å². The molecule has 5 unspecified atom stereocenters. The maximum absolute atomic E-state index is 14.4. The molecule has 2 aliphatic heterocycles. The van der Waals surface area contributed by atoms with Gasteiger partial charge < -0.3 is 29.7 Å². The molecule has 0 N–H and O–H groups in total. The Kier molecular flexibility index (Phi) is 18.6. The summed E-state index contributed by atoms with van der Waals surface area (Å²) in [6.45, 7) is 23.5. The Morgan fingerprint density at radius 3 is 2.14 bits per heavy atom. The maximum atomic E-state index is 14.4. The molecule has 5 atom stereocenters. The van der Waals surface area contributed by atoms with Gasteiger partial charge in [0.1, 0.15) is 18.8 Å². The van der Waals surface area contributed by atoms with Crippen molar-refractivity contribution in [1.29, 1.82) is 0 Å². The van der Waals surface area contributed by atoms with Gasteiger partial charge in [0.05, 0.1) is 7.11 Å². The molecule has 1 aliphatic carbocycles. The Hall–Kier alpha value is -4.61. The van der Waals surface area contributed by atoms with Crippen molar-refractivity contribution in [3.8, 4) is 0 Å². The van der Waals surface area contributed by atoms with Crippen LogP contribution in [0.1, 0.15) is 185 Å². The second-order valence-corrected chi connectivity index (χ2v) is 19.3. The van der Waals surface area contributed by atoms with Crippen molar-refractivity contribution in [3.63, 3.8) is 0 Å². The van der Waals surface area contributed by atoms with Crippen molar-refractivity contribution in [2.45, 2.75) is 139 Å². The van der Waals surface area contributed by atoms with Crippen LogP contribution in [0.3, 0.4) is 0 Å². The number of aromatic nitrogens is 3. The largest absolute Gasteiger partial charge is 2.00 e. The van der Waals surface area contributed by atoms with Crippen molar-refractivity contribution >= 4 is 76.9 Å². The number of fused-ring (bicyclic) bond motifs is 7. The summed E-state index contributed by atoms with van der Waals surface area (Å²) >= 11 is 0. The first-order valence-electron chi connectivity index (χ1n) is 24.0. The molecule has 0 spiro atoms. The third kappa shape index (κ3) is 11.6. The Balaban J connectivity index is 0.00000817. The number of carbonyl (C=O) groups is 4. The molecule has 3 aromatic rings. The molecule has 350 valence electrons. The van der Waals surface area contributed by atoms with Crippen LogP contribution in [0.15, 0.2) is 29.6 Å². The van der Waals surface area contributed by atoms with Gasteiger partial charge in [-0.3, -0.25) is 19.2 Å². The quantitative estimate of drug-likeness (QED) is 0.0336. The van der Waals surface area contributed by atoms with E-state index in [0.29, 0.717) is 85.9 Å². The third-order valence-corrected chi connectivity index (χ3v) is 14.1. The van der Waals surface area contributed by atoms with Crippen molar-refractivity contribution in [1.82, 2.24) is 15.0 Å². The molecule has 3 aromatic heterocycles. The minimum absolute atomic E-state index is 0. The van der Waals surface area contributed by atoms with E-state index in [1.165, 1.54) is 57.6 Å². The number of ether oxygens (including phenoxy) is 2. The van der Waals surface area contributed by atoms with Crippen LogP contribution in [0.4, 0.5) is 0 Å². The molecule has 10 nitrogen and oxygen atoms in total.